The highest BCUT2D eigenvalue weighted by molar-refractivity contribution is 7.99. The SMILES string of the molecule is O=C1C=NC(C(=O)N2CCSC2)=C1. The number of nitrogens with zero attached hydrogens (tertiary/aromatic N) is 2. The maximum atomic E-state index is 11.6. The average molecular weight is 196 g/mol. The van der Waals surface area contributed by atoms with Crippen molar-refractivity contribution in [2.75, 3.05) is 18.2 Å². The number of hydrogen-bond acceptors (Lipinski definition) is 4. The van der Waals surface area contributed by atoms with E-state index in [1.807, 2.05) is 0 Å². The summed E-state index contributed by atoms with van der Waals surface area (Å²) >= 11 is 1.71. The molecule has 0 atom stereocenters. The Morgan fingerprint density at radius 2 is 2.46 bits per heavy atom. The van der Waals surface area contributed by atoms with Crippen LogP contribution in [0.3, 0.4) is 0 Å². The van der Waals surface area contributed by atoms with Gasteiger partial charge in [-0.1, -0.05) is 0 Å². The molecule has 0 aromatic heterocycles. The summed E-state index contributed by atoms with van der Waals surface area (Å²) in [5.41, 5.74) is 0.271. The molecule has 0 bridgehead atoms. The van der Waals surface area contributed by atoms with Gasteiger partial charge >= 0.3 is 0 Å². The van der Waals surface area contributed by atoms with E-state index < -0.39 is 0 Å². The van der Waals surface area contributed by atoms with Crippen molar-refractivity contribution >= 4 is 29.7 Å². The summed E-state index contributed by atoms with van der Waals surface area (Å²) in [5, 5.41) is 0. The highest BCUT2D eigenvalue weighted by Gasteiger charge is 2.23. The first-order valence-corrected chi connectivity index (χ1v) is 5.09. The van der Waals surface area contributed by atoms with Gasteiger partial charge in [0.05, 0.1) is 12.1 Å². The molecule has 1 fully saturated rings. The molecule has 2 heterocycles. The Morgan fingerprint density at radius 3 is 3.00 bits per heavy atom. The van der Waals surface area contributed by atoms with E-state index in [1.54, 1.807) is 16.7 Å². The second-order valence-corrected chi connectivity index (χ2v) is 3.87. The van der Waals surface area contributed by atoms with Gasteiger partial charge in [-0.05, 0) is 0 Å². The van der Waals surface area contributed by atoms with Crippen LogP contribution in [-0.2, 0) is 9.59 Å². The van der Waals surface area contributed by atoms with Gasteiger partial charge < -0.3 is 4.90 Å². The van der Waals surface area contributed by atoms with Crippen LogP contribution in [-0.4, -0.2) is 41.0 Å². The van der Waals surface area contributed by atoms with Gasteiger partial charge in [0, 0.05) is 18.4 Å². The fourth-order valence-electron chi connectivity index (χ4n) is 1.20. The Morgan fingerprint density at radius 1 is 1.62 bits per heavy atom. The van der Waals surface area contributed by atoms with E-state index in [2.05, 4.69) is 4.99 Å². The summed E-state index contributed by atoms with van der Waals surface area (Å²) in [6.45, 7) is 0.755. The zero-order valence-electron chi connectivity index (χ0n) is 6.90. The maximum Gasteiger partial charge on any atom is 0.273 e. The summed E-state index contributed by atoms with van der Waals surface area (Å²) in [4.78, 5) is 27.8. The predicted molar refractivity (Wildman–Crippen MR) is 50.6 cm³/mol. The molecule has 0 aromatic rings. The predicted octanol–water partition coefficient (Wildman–Crippen LogP) is 0.0567. The summed E-state index contributed by atoms with van der Waals surface area (Å²) in [5.74, 6) is 1.35. The molecule has 0 radical (unpaired) electrons. The maximum absolute atomic E-state index is 11.6. The lowest BCUT2D eigenvalue weighted by atomic mass is 10.3. The van der Waals surface area contributed by atoms with Crippen LogP contribution in [0, 0.1) is 0 Å². The number of aliphatic imine (C=N–C) groups is 1. The van der Waals surface area contributed by atoms with Crippen LogP contribution >= 0.6 is 11.8 Å². The van der Waals surface area contributed by atoms with Crippen molar-refractivity contribution < 1.29 is 9.59 Å². The minimum absolute atomic E-state index is 0.132. The molecule has 0 N–H and O–H groups in total. The van der Waals surface area contributed by atoms with Gasteiger partial charge in [-0.15, -0.1) is 11.8 Å². The van der Waals surface area contributed by atoms with Crippen LogP contribution in [0.5, 0.6) is 0 Å². The topological polar surface area (TPSA) is 49.7 Å². The molecule has 4 nitrogen and oxygen atoms in total. The Labute approximate surface area is 79.7 Å². The Balaban J connectivity index is 2.09. The summed E-state index contributed by atoms with van der Waals surface area (Å²) in [6.07, 6.45) is 2.46. The molecule has 0 unspecified atom stereocenters. The highest BCUT2D eigenvalue weighted by atomic mass is 32.2. The molecule has 13 heavy (non-hydrogen) atoms. The van der Waals surface area contributed by atoms with E-state index in [0.29, 0.717) is 5.88 Å². The smallest absolute Gasteiger partial charge is 0.273 e. The zero-order chi connectivity index (χ0) is 9.26. The second kappa shape index (κ2) is 3.33. The quantitative estimate of drug-likeness (QED) is 0.595. The first kappa shape index (κ1) is 8.50. The van der Waals surface area contributed by atoms with E-state index in [-0.39, 0.29) is 17.4 Å². The minimum atomic E-state index is -0.199. The number of hydrogen-bond donors (Lipinski definition) is 0. The van der Waals surface area contributed by atoms with Gasteiger partial charge in [0.2, 0.25) is 0 Å². The van der Waals surface area contributed by atoms with Crippen molar-refractivity contribution in [1.82, 2.24) is 4.90 Å². The van der Waals surface area contributed by atoms with Crippen molar-refractivity contribution in [3.05, 3.63) is 11.8 Å². The molecule has 1 saturated heterocycles. The molecule has 1 amide bonds. The number of carbonyl (C=O) groups is 2. The summed E-state index contributed by atoms with van der Waals surface area (Å²) in [6, 6.07) is 0. The van der Waals surface area contributed by atoms with Gasteiger partial charge in [-0.3, -0.25) is 9.59 Å². The van der Waals surface area contributed by atoms with Crippen LogP contribution in [0.15, 0.2) is 16.8 Å². The van der Waals surface area contributed by atoms with Gasteiger partial charge in [-0.2, -0.15) is 0 Å². The van der Waals surface area contributed by atoms with Gasteiger partial charge in [0.25, 0.3) is 5.91 Å². The van der Waals surface area contributed by atoms with Crippen molar-refractivity contribution in [3.8, 4) is 0 Å². The molecule has 0 saturated carbocycles. The van der Waals surface area contributed by atoms with E-state index in [1.165, 1.54) is 12.3 Å². The minimum Gasteiger partial charge on any atom is -0.327 e. The van der Waals surface area contributed by atoms with Crippen molar-refractivity contribution in [3.63, 3.8) is 0 Å². The third-order valence-electron chi connectivity index (χ3n) is 1.87. The third-order valence-corrected chi connectivity index (χ3v) is 2.83. The van der Waals surface area contributed by atoms with E-state index in [9.17, 15) is 9.59 Å². The number of amides is 1. The van der Waals surface area contributed by atoms with Gasteiger partial charge in [-0.25, -0.2) is 4.99 Å². The highest BCUT2D eigenvalue weighted by Crippen LogP contribution is 2.17. The fraction of sp³-hybridized carbons (Fsp3) is 0.375. The van der Waals surface area contributed by atoms with E-state index in [4.69, 9.17) is 0 Å². The standard InChI is InChI=1S/C8H8N2O2S/c11-6-3-7(9-4-6)8(12)10-1-2-13-5-10/h3-4H,1-2,5H2. The third kappa shape index (κ3) is 1.65. The van der Waals surface area contributed by atoms with Crippen molar-refractivity contribution in [2.45, 2.75) is 0 Å². The Kier molecular flexibility index (Phi) is 2.18. The number of thioether (sulfide) groups is 1. The first-order valence-electron chi connectivity index (χ1n) is 3.94. The number of allylic oxidation sites excluding steroid dienone is 1. The molecule has 0 spiro atoms. The Bertz CT molecular complexity index is 316. The largest absolute Gasteiger partial charge is 0.327 e. The molecule has 68 valence electrons. The number of ketones is 1. The lowest BCUT2D eigenvalue weighted by molar-refractivity contribution is -0.125. The molecule has 0 aliphatic carbocycles. The average Bonchev–Trinajstić information content (AvgIpc) is 2.72. The van der Waals surface area contributed by atoms with Crippen LogP contribution in [0.1, 0.15) is 0 Å². The van der Waals surface area contributed by atoms with Crippen LogP contribution in [0.2, 0.25) is 0 Å². The molecule has 2 rings (SSSR count). The fourth-order valence-corrected chi connectivity index (χ4v) is 2.14. The first-order chi connectivity index (χ1) is 6.27. The molecule has 2 aliphatic rings. The summed E-state index contributed by atoms with van der Waals surface area (Å²) in [7, 11) is 0. The monoisotopic (exact) mass is 196 g/mol. The Hall–Kier alpha value is -1.10. The molecule has 5 heteroatoms. The lowest BCUT2D eigenvalue weighted by Crippen LogP contribution is -2.28. The zero-order valence-corrected chi connectivity index (χ0v) is 7.71. The van der Waals surface area contributed by atoms with Crippen LogP contribution in [0.4, 0.5) is 0 Å². The number of rotatable bonds is 1. The van der Waals surface area contributed by atoms with Gasteiger partial charge in [0.15, 0.2) is 5.78 Å². The van der Waals surface area contributed by atoms with Gasteiger partial charge in [0.1, 0.15) is 5.70 Å². The van der Waals surface area contributed by atoms with Crippen molar-refractivity contribution in [1.29, 1.82) is 0 Å². The van der Waals surface area contributed by atoms with E-state index in [0.717, 1.165) is 12.3 Å². The molecular formula is C8H8N2O2S. The molecule has 0 aromatic carbocycles. The number of carbonyl (C=O) groups excluding carboxylic acids is 2. The van der Waals surface area contributed by atoms with Crippen molar-refractivity contribution in [2.24, 2.45) is 4.99 Å². The normalized spacial score (nSPS) is 21.1. The lowest BCUT2D eigenvalue weighted by Gasteiger charge is -2.12. The molecule has 2 aliphatic heterocycles. The molecular weight excluding hydrogens is 188 g/mol. The van der Waals surface area contributed by atoms with E-state index >= 15 is 0 Å². The second-order valence-electron chi connectivity index (χ2n) is 2.80. The summed E-state index contributed by atoms with van der Waals surface area (Å²) < 4.78 is 0. The van der Waals surface area contributed by atoms with Crippen LogP contribution < -0.4 is 0 Å². The van der Waals surface area contributed by atoms with Crippen LogP contribution in [0.25, 0.3) is 0 Å².